The topological polar surface area (TPSA) is 12.0 Å². The summed E-state index contributed by atoms with van der Waals surface area (Å²) >= 11 is 18.2. The molecule has 0 aliphatic carbocycles. The highest BCUT2D eigenvalue weighted by Crippen LogP contribution is 2.34. The van der Waals surface area contributed by atoms with Crippen LogP contribution in [0.5, 0.6) is 0 Å². The highest BCUT2D eigenvalue weighted by molar-refractivity contribution is 6.41. The Bertz CT molecular complexity index is 532. The lowest BCUT2D eigenvalue weighted by atomic mass is 10.1. The van der Waals surface area contributed by atoms with E-state index in [0.29, 0.717) is 15.1 Å². The van der Waals surface area contributed by atoms with Crippen molar-refractivity contribution in [2.45, 2.75) is 19.4 Å². The number of rotatable bonds is 4. The van der Waals surface area contributed by atoms with E-state index in [1.165, 1.54) is 5.56 Å². The minimum Gasteiger partial charge on any atom is -0.380 e. The van der Waals surface area contributed by atoms with E-state index >= 15 is 0 Å². The first-order valence-corrected chi connectivity index (χ1v) is 7.14. The minimum absolute atomic E-state index is 0.221. The van der Waals surface area contributed by atoms with Gasteiger partial charge in [-0.25, -0.2) is 0 Å². The maximum atomic E-state index is 6.15. The molecule has 0 aliphatic heterocycles. The second kappa shape index (κ2) is 6.51. The Balaban J connectivity index is 2.09. The van der Waals surface area contributed by atoms with Crippen LogP contribution >= 0.6 is 34.8 Å². The first kappa shape index (κ1) is 14.5. The molecule has 2 aromatic rings. The SMILES string of the molecule is CC(Cc1ccccc1)Nc1c(Cl)cc(Cl)cc1Cl. The predicted molar refractivity (Wildman–Crippen MR) is 84.7 cm³/mol. The third kappa shape index (κ3) is 4.04. The number of benzene rings is 2. The van der Waals surface area contributed by atoms with Gasteiger partial charge in [0.15, 0.2) is 0 Å². The molecule has 2 aromatic carbocycles. The molecule has 0 fully saturated rings. The van der Waals surface area contributed by atoms with Gasteiger partial charge in [-0.1, -0.05) is 65.1 Å². The van der Waals surface area contributed by atoms with Crippen molar-refractivity contribution >= 4 is 40.5 Å². The van der Waals surface area contributed by atoms with Crippen molar-refractivity contribution in [2.75, 3.05) is 5.32 Å². The van der Waals surface area contributed by atoms with E-state index < -0.39 is 0 Å². The van der Waals surface area contributed by atoms with Gasteiger partial charge in [-0.05, 0) is 31.0 Å². The molecule has 0 aromatic heterocycles. The van der Waals surface area contributed by atoms with Gasteiger partial charge in [0, 0.05) is 11.1 Å². The lowest BCUT2D eigenvalue weighted by molar-refractivity contribution is 0.790. The zero-order valence-electron chi connectivity index (χ0n) is 10.5. The van der Waals surface area contributed by atoms with Crippen LogP contribution in [-0.4, -0.2) is 6.04 Å². The molecule has 0 bridgehead atoms. The van der Waals surface area contributed by atoms with Crippen LogP contribution in [0.15, 0.2) is 42.5 Å². The van der Waals surface area contributed by atoms with Crippen LogP contribution in [0.1, 0.15) is 12.5 Å². The summed E-state index contributed by atoms with van der Waals surface area (Å²) in [6, 6.07) is 13.9. The van der Waals surface area contributed by atoms with Crippen LogP contribution in [0, 0.1) is 0 Å². The average Bonchev–Trinajstić information content (AvgIpc) is 2.35. The van der Waals surface area contributed by atoms with Crippen LogP contribution in [-0.2, 0) is 6.42 Å². The smallest absolute Gasteiger partial charge is 0.0722 e. The summed E-state index contributed by atoms with van der Waals surface area (Å²) in [6.45, 7) is 2.09. The Morgan fingerprint density at radius 3 is 2.16 bits per heavy atom. The van der Waals surface area contributed by atoms with Crippen LogP contribution in [0.3, 0.4) is 0 Å². The molecule has 0 saturated carbocycles. The van der Waals surface area contributed by atoms with E-state index in [-0.39, 0.29) is 6.04 Å². The summed E-state index contributed by atoms with van der Waals surface area (Å²) in [6.07, 6.45) is 0.899. The van der Waals surface area contributed by atoms with Crippen molar-refractivity contribution in [3.8, 4) is 0 Å². The fraction of sp³-hybridized carbons (Fsp3) is 0.200. The van der Waals surface area contributed by atoms with E-state index in [1.54, 1.807) is 12.1 Å². The van der Waals surface area contributed by atoms with E-state index in [9.17, 15) is 0 Å². The molecule has 2 rings (SSSR count). The maximum absolute atomic E-state index is 6.15. The molecule has 0 heterocycles. The van der Waals surface area contributed by atoms with Crippen LogP contribution < -0.4 is 5.32 Å². The number of nitrogens with one attached hydrogen (secondary N) is 1. The zero-order chi connectivity index (χ0) is 13.8. The summed E-state index contributed by atoms with van der Waals surface area (Å²) in [4.78, 5) is 0. The van der Waals surface area contributed by atoms with E-state index in [4.69, 9.17) is 34.8 Å². The van der Waals surface area contributed by atoms with Crippen LogP contribution in [0.2, 0.25) is 15.1 Å². The largest absolute Gasteiger partial charge is 0.380 e. The van der Waals surface area contributed by atoms with Gasteiger partial charge in [0.1, 0.15) is 0 Å². The maximum Gasteiger partial charge on any atom is 0.0722 e. The standard InChI is InChI=1S/C15H14Cl3N/c1-10(7-11-5-3-2-4-6-11)19-15-13(17)8-12(16)9-14(15)18/h2-6,8-10,19H,7H2,1H3. The lowest BCUT2D eigenvalue weighted by Gasteiger charge is -2.18. The van der Waals surface area contributed by atoms with Crippen molar-refractivity contribution in [3.05, 3.63) is 63.1 Å². The van der Waals surface area contributed by atoms with Gasteiger partial charge in [-0.2, -0.15) is 0 Å². The van der Waals surface area contributed by atoms with Gasteiger partial charge >= 0.3 is 0 Å². The first-order chi connectivity index (χ1) is 9.06. The molecule has 0 saturated heterocycles. The molecule has 1 unspecified atom stereocenters. The van der Waals surface area contributed by atoms with Gasteiger partial charge in [-0.15, -0.1) is 0 Å². The van der Waals surface area contributed by atoms with Crippen LogP contribution in [0.25, 0.3) is 0 Å². The molecule has 100 valence electrons. The highest BCUT2D eigenvalue weighted by Gasteiger charge is 2.11. The van der Waals surface area contributed by atoms with Gasteiger partial charge in [0.2, 0.25) is 0 Å². The Hall–Kier alpha value is -0.890. The van der Waals surface area contributed by atoms with Crippen molar-refractivity contribution in [2.24, 2.45) is 0 Å². The van der Waals surface area contributed by atoms with Crippen LogP contribution in [0.4, 0.5) is 5.69 Å². The van der Waals surface area contributed by atoms with E-state index in [2.05, 4.69) is 24.4 Å². The van der Waals surface area contributed by atoms with Crippen molar-refractivity contribution < 1.29 is 0 Å². The minimum atomic E-state index is 0.221. The molecule has 1 nitrogen and oxygen atoms in total. The molecular weight excluding hydrogens is 301 g/mol. The van der Waals surface area contributed by atoms with Crippen molar-refractivity contribution in [3.63, 3.8) is 0 Å². The number of anilines is 1. The third-order valence-corrected chi connectivity index (χ3v) is 3.60. The fourth-order valence-electron chi connectivity index (χ4n) is 1.95. The Kier molecular flexibility index (Phi) is 4.98. The van der Waals surface area contributed by atoms with Gasteiger partial charge in [-0.3, -0.25) is 0 Å². The summed E-state index contributed by atoms with van der Waals surface area (Å²) < 4.78 is 0. The Morgan fingerprint density at radius 2 is 1.58 bits per heavy atom. The van der Waals surface area contributed by atoms with E-state index in [1.807, 2.05) is 18.2 Å². The fourth-order valence-corrected chi connectivity index (χ4v) is 2.87. The summed E-state index contributed by atoms with van der Waals surface area (Å²) in [7, 11) is 0. The first-order valence-electron chi connectivity index (χ1n) is 6.01. The summed E-state index contributed by atoms with van der Waals surface area (Å²) in [5.41, 5.74) is 2.00. The summed E-state index contributed by atoms with van der Waals surface area (Å²) in [5.74, 6) is 0. The van der Waals surface area contributed by atoms with Crippen molar-refractivity contribution in [1.29, 1.82) is 0 Å². The zero-order valence-corrected chi connectivity index (χ0v) is 12.7. The number of hydrogen-bond donors (Lipinski definition) is 1. The van der Waals surface area contributed by atoms with Gasteiger partial charge in [0.05, 0.1) is 15.7 Å². The molecular formula is C15H14Cl3N. The Labute approximate surface area is 128 Å². The third-order valence-electron chi connectivity index (χ3n) is 2.78. The van der Waals surface area contributed by atoms with E-state index in [0.717, 1.165) is 12.1 Å². The number of halogens is 3. The molecule has 0 amide bonds. The molecule has 19 heavy (non-hydrogen) atoms. The monoisotopic (exact) mass is 313 g/mol. The lowest BCUT2D eigenvalue weighted by Crippen LogP contribution is -2.18. The van der Waals surface area contributed by atoms with Gasteiger partial charge in [0.25, 0.3) is 0 Å². The molecule has 0 radical (unpaired) electrons. The molecule has 0 aliphatic rings. The highest BCUT2D eigenvalue weighted by atomic mass is 35.5. The quantitative estimate of drug-likeness (QED) is 0.764. The molecule has 1 N–H and O–H groups in total. The average molecular weight is 315 g/mol. The normalized spacial score (nSPS) is 12.2. The second-order valence-corrected chi connectivity index (χ2v) is 5.73. The van der Waals surface area contributed by atoms with Gasteiger partial charge < -0.3 is 5.32 Å². The van der Waals surface area contributed by atoms with Crippen molar-refractivity contribution in [1.82, 2.24) is 0 Å². The molecule has 0 spiro atoms. The molecule has 1 atom stereocenters. The Morgan fingerprint density at radius 1 is 1.00 bits per heavy atom. The molecule has 4 heteroatoms. The predicted octanol–water partition coefficient (Wildman–Crippen LogP) is 5.69. The second-order valence-electron chi connectivity index (χ2n) is 4.48. The number of hydrogen-bond acceptors (Lipinski definition) is 1. The summed E-state index contributed by atoms with van der Waals surface area (Å²) in [5, 5.41) is 4.95.